The highest BCUT2D eigenvalue weighted by molar-refractivity contribution is 5.21. The van der Waals surface area contributed by atoms with Gasteiger partial charge in [-0.25, -0.2) is 4.39 Å². The zero-order valence-corrected chi connectivity index (χ0v) is 13.6. The lowest BCUT2D eigenvalue weighted by Crippen LogP contribution is -2.25. The molecule has 0 aliphatic heterocycles. The molecule has 1 aromatic rings. The van der Waals surface area contributed by atoms with E-state index in [-0.39, 0.29) is 5.82 Å². The summed E-state index contributed by atoms with van der Waals surface area (Å²) in [6.07, 6.45) is 8.91. The molecule has 1 fully saturated rings. The van der Waals surface area contributed by atoms with E-state index in [1.54, 1.807) is 12.1 Å². The Kier molecular flexibility index (Phi) is 6.69. The zero-order valence-electron chi connectivity index (χ0n) is 13.6. The SMILES string of the molecule is CCCCC(CC)CC(CNC1CC1)c1cccc(F)c1. The van der Waals surface area contributed by atoms with Crippen LogP contribution in [-0.2, 0) is 0 Å². The molecule has 0 bridgehead atoms. The number of nitrogens with one attached hydrogen (secondary N) is 1. The Morgan fingerprint density at radius 1 is 1.29 bits per heavy atom. The molecule has 1 nitrogen and oxygen atoms in total. The largest absolute Gasteiger partial charge is 0.313 e. The van der Waals surface area contributed by atoms with Crippen LogP contribution < -0.4 is 5.32 Å². The molecule has 1 aromatic carbocycles. The van der Waals surface area contributed by atoms with Crippen molar-refractivity contribution in [2.45, 2.75) is 70.8 Å². The van der Waals surface area contributed by atoms with Crippen LogP contribution in [0.25, 0.3) is 0 Å². The van der Waals surface area contributed by atoms with Gasteiger partial charge in [-0.3, -0.25) is 0 Å². The van der Waals surface area contributed by atoms with E-state index in [1.807, 2.05) is 6.07 Å². The molecule has 2 unspecified atom stereocenters. The number of benzene rings is 1. The quantitative estimate of drug-likeness (QED) is 0.619. The molecule has 1 saturated carbocycles. The third-order valence-corrected chi connectivity index (χ3v) is 4.71. The van der Waals surface area contributed by atoms with E-state index in [0.29, 0.717) is 5.92 Å². The summed E-state index contributed by atoms with van der Waals surface area (Å²) in [6.45, 7) is 5.54. The van der Waals surface area contributed by atoms with Crippen molar-refractivity contribution in [2.24, 2.45) is 5.92 Å². The van der Waals surface area contributed by atoms with Gasteiger partial charge in [0.25, 0.3) is 0 Å². The number of hydrogen-bond acceptors (Lipinski definition) is 1. The number of halogens is 1. The molecule has 0 radical (unpaired) electrons. The lowest BCUT2D eigenvalue weighted by Gasteiger charge is -2.24. The predicted molar refractivity (Wildman–Crippen MR) is 88.1 cm³/mol. The van der Waals surface area contributed by atoms with Gasteiger partial charge >= 0.3 is 0 Å². The van der Waals surface area contributed by atoms with Crippen LogP contribution >= 0.6 is 0 Å². The van der Waals surface area contributed by atoms with E-state index < -0.39 is 0 Å². The summed E-state index contributed by atoms with van der Waals surface area (Å²) in [7, 11) is 0. The molecular weight excluding hydrogens is 261 g/mol. The Balaban J connectivity index is 1.99. The van der Waals surface area contributed by atoms with Crippen LogP contribution in [0.4, 0.5) is 4.39 Å². The van der Waals surface area contributed by atoms with Crippen molar-refractivity contribution < 1.29 is 4.39 Å². The van der Waals surface area contributed by atoms with Gasteiger partial charge in [-0.05, 0) is 48.8 Å². The van der Waals surface area contributed by atoms with Crippen LogP contribution in [0.3, 0.4) is 0 Å². The van der Waals surface area contributed by atoms with E-state index >= 15 is 0 Å². The fourth-order valence-electron chi connectivity index (χ4n) is 3.08. The smallest absolute Gasteiger partial charge is 0.123 e. The van der Waals surface area contributed by atoms with Crippen LogP contribution in [0.15, 0.2) is 24.3 Å². The van der Waals surface area contributed by atoms with Crippen molar-refractivity contribution in [3.8, 4) is 0 Å². The molecule has 118 valence electrons. The Labute approximate surface area is 129 Å². The molecule has 0 aromatic heterocycles. The monoisotopic (exact) mass is 291 g/mol. The van der Waals surface area contributed by atoms with Crippen molar-refractivity contribution in [1.82, 2.24) is 5.32 Å². The van der Waals surface area contributed by atoms with Crippen LogP contribution in [0.5, 0.6) is 0 Å². The van der Waals surface area contributed by atoms with Gasteiger partial charge in [0.15, 0.2) is 0 Å². The second kappa shape index (κ2) is 8.53. The molecule has 21 heavy (non-hydrogen) atoms. The standard InChI is InChI=1S/C19H30FN/c1-3-5-7-15(4-2)12-17(14-21-19-10-11-19)16-8-6-9-18(20)13-16/h6,8-9,13,15,17,19,21H,3-5,7,10-12,14H2,1-2H3. The molecule has 1 aliphatic carbocycles. The summed E-state index contributed by atoms with van der Waals surface area (Å²) in [5.74, 6) is 1.10. The third-order valence-electron chi connectivity index (χ3n) is 4.71. The van der Waals surface area contributed by atoms with Gasteiger partial charge in [-0.15, -0.1) is 0 Å². The minimum absolute atomic E-state index is 0.106. The summed E-state index contributed by atoms with van der Waals surface area (Å²) >= 11 is 0. The normalized spacial score (nSPS) is 17.7. The highest BCUT2D eigenvalue weighted by Gasteiger charge is 2.24. The van der Waals surface area contributed by atoms with E-state index in [2.05, 4.69) is 25.2 Å². The lowest BCUT2D eigenvalue weighted by molar-refractivity contribution is 0.375. The van der Waals surface area contributed by atoms with E-state index in [4.69, 9.17) is 0 Å². The van der Waals surface area contributed by atoms with E-state index in [0.717, 1.165) is 24.1 Å². The van der Waals surface area contributed by atoms with Gasteiger partial charge < -0.3 is 5.32 Å². The van der Waals surface area contributed by atoms with E-state index in [9.17, 15) is 4.39 Å². The molecule has 0 heterocycles. The summed E-state index contributed by atoms with van der Waals surface area (Å²) in [5, 5.41) is 3.64. The highest BCUT2D eigenvalue weighted by atomic mass is 19.1. The first-order valence-corrected chi connectivity index (χ1v) is 8.71. The Hall–Kier alpha value is -0.890. The fraction of sp³-hybridized carbons (Fsp3) is 0.684. The summed E-state index contributed by atoms with van der Waals surface area (Å²) < 4.78 is 13.5. The highest BCUT2D eigenvalue weighted by Crippen LogP contribution is 2.30. The van der Waals surface area contributed by atoms with Crippen molar-refractivity contribution in [1.29, 1.82) is 0 Å². The molecule has 0 spiro atoms. The van der Waals surface area contributed by atoms with Gasteiger partial charge in [0, 0.05) is 12.6 Å². The molecule has 0 amide bonds. The average molecular weight is 291 g/mol. The van der Waals surface area contributed by atoms with Gasteiger partial charge in [0.1, 0.15) is 5.82 Å². The first-order chi connectivity index (χ1) is 10.2. The van der Waals surface area contributed by atoms with Crippen molar-refractivity contribution in [3.05, 3.63) is 35.6 Å². The van der Waals surface area contributed by atoms with Crippen molar-refractivity contribution >= 4 is 0 Å². The van der Waals surface area contributed by atoms with Gasteiger partial charge in [-0.1, -0.05) is 51.7 Å². The average Bonchev–Trinajstić information content (AvgIpc) is 3.31. The number of hydrogen-bond donors (Lipinski definition) is 1. The van der Waals surface area contributed by atoms with Crippen LogP contribution in [0.1, 0.15) is 70.3 Å². The molecular formula is C19H30FN. The number of rotatable bonds is 10. The summed E-state index contributed by atoms with van der Waals surface area (Å²) in [5.41, 5.74) is 1.16. The number of unbranched alkanes of at least 4 members (excludes halogenated alkanes) is 1. The molecule has 0 saturated heterocycles. The Bertz CT molecular complexity index is 414. The lowest BCUT2D eigenvalue weighted by atomic mass is 9.85. The van der Waals surface area contributed by atoms with E-state index in [1.165, 1.54) is 44.9 Å². The maximum Gasteiger partial charge on any atom is 0.123 e. The maximum atomic E-state index is 13.5. The van der Waals surface area contributed by atoms with Crippen LogP contribution in [0, 0.1) is 11.7 Å². The van der Waals surface area contributed by atoms with Gasteiger partial charge in [0.2, 0.25) is 0 Å². The van der Waals surface area contributed by atoms with Gasteiger partial charge in [-0.2, -0.15) is 0 Å². The molecule has 2 atom stereocenters. The summed E-state index contributed by atoms with van der Waals surface area (Å²) in [4.78, 5) is 0. The minimum Gasteiger partial charge on any atom is -0.313 e. The summed E-state index contributed by atoms with van der Waals surface area (Å²) in [6, 6.07) is 7.93. The maximum absolute atomic E-state index is 13.5. The molecule has 1 aliphatic rings. The topological polar surface area (TPSA) is 12.0 Å². The van der Waals surface area contributed by atoms with Crippen molar-refractivity contribution in [2.75, 3.05) is 6.54 Å². The fourth-order valence-corrected chi connectivity index (χ4v) is 3.08. The Morgan fingerprint density at radius 2 is 2.10 bits per heavy atom. The predicted octanol–water partition coefficient (Wildman–Crippen LogP) is 5.27. The molecule has 2 rings (SSSR count). The first-order valence-electron chi connectivity index (χ1n) is 8.71. The van der Waals surface area contributed by atoms with Crippen molar-refractivity contribution in [3.63, 3.8) is 0 Å². The van der Waals surface area contributed by atoms with Crippen LogP contribution in [-0.4, -0.2) is 12.6 Å². The van der Waals surface area contributed by atoms with Crippen LogP contribution in [0.2, 0.25) is 0 Å². The van der Waals surface area contributed by atoms with Gasteiger partial charge in [0.05, 0.1) is 0 Å². The second-order valence-electron chi connectivity index (χ2n) is 6.59. The third kappa shape index (κ3) is 5.78. The minimum atomic E-state index is -0.106. The molecule has 2 heteroatoms. The second-order valence-corrected chi connectivity index (χ2v) is 6.59. The first kappa shape index (κ1) is 16.5. The Morgan fingerprint density at radius 3 is 2.71 bits per heavy atom. The zero-order chi connectivity index (χ0) is 15.1. The molecule has 1 N–H and O–H groups in total.